The second-order valence-electron chi connectivity index (χ2n) is 4.14. The number of amides is 1. The van der Waals surface area contributed by atoms with Gasteiger partial charge in [-0.25, -0.2) is 9.82 Å². The van der Waals surface area contributed by atoms with Crippen LogP contribution in [-0.4, -0.2) is 16.7 Å². The lowest BCUT2D eigenvalue weighted by Gasteiger charge is -2.01. The van der Waals surface area contributed by atoms with Crippen LogP contribution in [0.4, 0.5) is 4.39 Å². The number of aromatic nitrogens is 1. The van der Waals surface area contributed by atoms with Crippen LogP contribution in [-0.2, 0) is 18.3 Å². The van der Waals surface area contributed by atoms with Gasteiger partial charge in [0.2, 0.25) is 5.91 Å². The van der Waals surface area contributed by atoms with Gasteiger partial charge in [0, 0.05) is 18.9 Å². The molecule has 4 nitrogen and oxygen atoms in total. The standard InChI is InChI=1S/C14H14FN3O/c1-18-7-3-6-13(18)9-14(19)17-16-10-11-4-2-5-12(15)8-11/h2-8,10H,9H2,1H3,(H,17,19)/b16-10-. The van der Waals surface area contributed by atoms with E-state index in [1.54, 1.807) is 12.1 Å². The lowest BCUT2D eigenvalue weighted by Crippen LogP contribution is -2.20. The van der Waals surface area contributed by atoms with Crippen molar-refractivity contribution in [1.82, 2.24) is 9.99 Å². The number of hydrogen-bond donors (Lipinski definition) is 1. The zero-order valence-corrected chi connectivity index (χ0v) is 10.5. The number of hydrogen-bond acceptors (Lipinski definition) is 2. The molecule has 0 saturated heterocycles. The van der Waals surface area contributed by atoms with Crippen LogP contribution in [0.2, 0.25) is 0 Å². The van der Waals surface area contributed by atoms with Crippen LogP contribution in [0.15, 0.2) is 47.7 Å². The summed E-state index contributed by atoms with van der Waals surface area (Å²) in [4.78, 5) is 11.6. The third kappa shape index (κ3) is 3.77. The molecule has 1 aromatic heterocycles. The van der Waals surface area contributed by atoms with Gasteiger partial charge in [0.25, 0.3) is 0 Å². The first-order valence-corrected chi connectivity index (χ1v) is 5.83. The molecule has 1 amide bonds. The number of aryl methyl sites for hydroxylation is 1. The lowest BCUT2D eigenvalue weighted by molar-refractivity contribution is -0.120. The van der Waals surface area contributed by atoms with Crippen LogP contribution in [0.1, 0.15) is 11.3 Å². The molecule has 0 spiro atoms. The van der Waals surface area contributed by atoms with E-state index < -0.39 is 0 Å². The predicted octanol–water partition coefficient (Wildman–Crippen LogP) is 1.86. The van der Waals surface area contributed by atoms with Gasteiger partial charge in [0.1, 0.15) is 5.82 Å². The minimum atomic E-state index is -0.334. The molecule has 0 aliphatic carbocycles. The smallest absolute Gasteiger partial charge is 0.245 e. The van der Waals surface area contributed by atoms with Crippen LogP contribution >= 0.6 is 0 Å². The Bertz CT molecular complexity index is 604. The topological polar surface area (TPSA) is 46.4 Å². The normalized spacial score (nSPS) is 10.8. The SMILES string of the molecule is Cn1cccc1CC(=O)N/N=C\c1cccc(F)c1. The Hall–Kier alpha value is -2.43. The number of halogens is 1. The molecule has 1 N–H and O–H groups in total. The summed E-state index contributed by atoms with van der Waals surface area (Å²) in [7, 11) is 1.87. The van der Waals surface area contributed by atoms with Crippen molar-refractivity contribution < 1.29 is 9.18 Å². The molecular formula is C14H14FN3O. The van der Waals surface area contributed by atoms with E-state index >= 15 is 0 Å². The van der Waals surface area contributed by atoms with Gasteiger partial charge in [-0.05, 0) is 29.8 Å². The molecule has 98 valence electrons. The fourth-order valence-corrected chi connectivity index (χ4v) is 1.65. The monoisotopic (exact) mass is 259 g/mol. The summed E-state index contributed by atoms with van der Waals surface area (Å²) in [6.07, 6.45) is 3.54. The summed E-state index contributed by atoms with van der Waals surface area (Å²) < 4.78 is 14.8. The van der Waals surface area contributed by atoms with Crippen LogP contribution in [0, 0.1) is 5.82 Å². The fourth-order valence-electron chi connectivity index (χ4n) is 1.65. The number of carbonyl (C=O) groups is 1. The number of nitrogens with zero attached hydrogens (tertiary/aromatic N) is 2. The average molecular weight is 259 g/mol. The lowest BCUT2D eigenvalue weighted by atomic mass is 10.2. The zero-order chi connectivity index (χ0) is 13.7. The maximum Gasteiger partial charge on any atom is 0.245 e. The van der Waals surface area contributed by atoms with E-state index in [-0.39, 0.29) is 18.1 Å². The van der Waals surface area contributed by atoms with Crippen molar-refractivity contribution in [3.05, 3.63) is 59.7 Å². The highest BCUT2D eigenvalue weighted by atomic mass is 19.1. The molecule has 0 aliphatic rings. The molecule has 2 aromatic rings. The fraction of sp³-hybridized carbons (Fsp3) is 0.143. The molecular weight excluding hydrogens is 245 g/mol. The molecule has 1 heterocycles. The molecule has 0 atom stereocenters. The Balaban J connectivity index is 1.88. The highest BCUT2D eigenvalue weighted by molar-refractivity contribution is 5.83. The van der Waals surface area contributed by atoms with E-state index in [4.69, 9.17) is 0 Å². The van der Waals surface area contributed by atoms with Gasteiger partial charge in [-0.2, -0.15) is 5.10 Å². The van der Waals surface area contributed by atoms with Gasteiger partial charge in [-0.3, -0.25) is 4.79 Å². The summed E-state index contributed by atoms with van der Waals surface area (Å²) >= 11 is 0. The Kier molecular flexibility index (Phi) is 4.07. The zero-order valence-electron chi connectivity index (χ0n) is 10.5. The van der Waals surface area contributed by atoms with Gasteiger partial charge in [0.15, 0.2) is 0 Å². The predicted molar refractivity (Wildman–Crippen MR) is 71.3 cm³/mol. The van der Waals surface area contributed by atoms with Crippen LogP contribution in [0.3, 0.4) is 0 Å². The summed E-state index contributed by atoms with van der Waals surface area (Å²) in [5, 5.41) is 3.79. The first-order chi connectivity index (χ1) is 9.15. The molecule has 1 aromatic carbocycles. The average Bonchev–Trinajstić information content (AvgIpc) is 2.75. The molecule has 2 rings (SSSR count). The largest absolute Gasteiger partial charge is 0.354 e. The number of benzene rings is 1. The Morgan fingerprint density at radius 3 is 2.95 bits per heavy atom. The van der Waals surface area contributed by atoms with Crippen LogP contribution < -0.4 is 5.43 Å². The first-order valence-electron chi connectivity index (χ1n) is 5.83. The van der Waals surface area contributed by atoms with E-state index in [1.165, 1.54) is 18.3 Å². The van der Waals surface area contributed by atoms with Crippen molar-refractivity contribution in [1.29, 1.82) is 0 Å². The Morgan fingerprint density at radius 1 is 1.42 bits per heavy atom. The Labute approximate surface area is 110 Å². The van der Waals surface area contributed by atoms with Crippen molar-refractivity contribution in [3.8, 4) is 0 Å². The first kappa shape index (κ1) is 13.0. The number of rotatable bonds is 4. The highest BCUT2D eigenvalue weighted by Gasteiger charge is 2.04. The number of hydrazone groups is 1. The minimum absolute atomic E-state index is 0.213. The quantitative estimate of drug-likeness (QED) is 0.661. The third-order valence-corrected chi connectivity index (χ3v) is 2.64. The van der Waals surface area contributed by atoms with E-state index in [0.29, 0.717) is 5.56 Å². The molecule has 19 heavy (non-hydrogen) atoms. The van der Waals surface area contributed by atoms with Crippen molar-refractivity contribution in [3.63, 3.8) is 0 Å². The number of carbonyl (C=O) groups excluding carboxylic acids is 1. The van der Waals surface area contributed by atoms with Gasteiger partial charge in [0.05, 0.1) is 12.6 Å². The molecule has 0 bridgehead atoms. The molecule has 0 fully saturated rings. The van der Waals surface area contributed by atoms with Gasteiger partial charge in [-0.1, -0.05) is 12.1 Å². The molecule has 0 radical (unpaired) electrons. The van der Waals surface area contributed by atoms with Gasteiger partial charge >= 0.3 is 0 Å². The maximum absolute atomic E-state index is 12.9. The highest BCUT2D eigenvalue weighted by Crippen LogP contribution is 2.01. The van der Waals surface area contributed by atoms with E-state index in [9.17, 15) is 9.18 Å². The minimum Gasteiger partial charge on any atom is -0.354 e. The Morgan fingerprint density at radius 2 is 2.26 bits per heavy atom. The molecule has 0 unspecified atom stereocenters. The van der Waals surface area contributed by atoms with Crippen molar-refractivity contribution in [2.45, 2.75) is 6.42 Å². The van der Waals surface area contributed by atoms with Crippen LogP contribution in [0.25, 0.3) is 0 Å². The van der Waals surface area contributed by atoms with E-state index in [1.807, 2.05) is 29.9 Å². The van der Waals surface area contributed by atoms with Gasteiger partial charge < -0.3 is 4.57 Å². The van der Waals surface area contributed by atoms with Crippen molar-refractivity contribution in [2.24, 2.45) is 12.1 Å². The van der Waals surface area contributed by atoms with Crippen LogP contribution in [0.5, 0.6) is 0 Å². The summed E-state index contributed by atoms with van der Waals surface area (Å²) in [5.41, 5.74) is 3.91. The van der Waals surface area contributed by atoms with E-state index in [2.05, 4.69) is 10.5 Å². The summed E-state index contributed by atoms with van der Waals surface area (Å²) in [5.74, 6) is -0.548. The van der Waals surface area contributed by atoms with Gasteiger partial charge in [-0.15, -0.1) is 0 Å². The molecule has 0 saturated carbocycles. The number of nitrogens with one attached hydrogen (secondary N) is 1. The molecule has 5 heteroatoms. The summed E-state index contributed by atoms with van der Waals surface area (Å²) in [6, 6.07) is 9.73. The van der Waals surface area contributed by atoms with Crippen molar-refractivity contribution >= 4 is 12.1 Å². The van der Waals surface area contributed by atoms with Crippen molar-refractivity contribution in [2.75, 3.05) is 0 Å². The molecule has 0 aliphatic heterocycles. The van der Waals surface area contributed by atoms with E-state index in [0.717, 1.165) is 5.69 Å². The third-order valence-electron chi connectivity index (χ3n) is 2.64. The second kappa shape index (κ2) is 5.95. The summed E-state index contributed by atoms with van der Waals surface area (Å²) in [6.45, 7) is 0. The second-order valence-corrected chi connectivity index (χ2v) is 4.14. The maximum atomic E-state index is 12.9.